The van der Waals surface area contributed by atoms with E-state index in [1.165, 1.54) is 0 Å². The minimum absolute atomic E-state index is 0.0309. The van der Waals surface area contributed by atoms with Gasteiger partial charge in [-0.2, -0.15) is 0 Å². The lowest BCUT2D eigenvalue weighted by atomic mass is 9.94. The highest BCUT2D eigenvalue weighted by Gasteiger charge is 2.20. The number of hydrogen-bond acceptors (Lipinski definition) is 4. The number of nitrogens with one attached hydrogen (secondary N) is 1. The molecule has 0 bridgehead atoms. The highest BCUT2D eigenvalue weighted by molar-refractivity contribution is 5.35. The minimum Gasteiger partial charge on any atom is -0.365 e. The first-order chi connectivity index (χ1) is 6.70. The molecule has 0 aliphatic heterocycles. The smallest absolute Gasteiger partial charge is 0.129 e. The molecule has 1 aromatic heterocycles. The van der Waals surface area contributed by atoms with Crippen LogP contribution in [0.3, 0.4) is 0 Å². The Morgan fingerprint density at radius 2 is 2.36 bits per heavy atom. The number of nitrogens with zero attached hydrogens (tertiary/aromatic N) is 2. The van der Waals surface area contributed by atoms with E-state index < -0.39 is 0 Å². The second-order valence-corrected chi connectivity index (χ2v) is 3.67. The summed E-state index contributed by atoms with van der Waals surface area (Å²) in [4.78, 5) is 8.00. The fraction of sp³-hybridized carbons (Fsp3) is 0.600. The second-order valence-electron chi connectivity index (χ2n) is 3.67. The van der Waals surface area contributed by atoms with Crippen molar-refractivity contribution in [3.8, 4) is 0 Å². The third-order valence-corrected chi connectivity index (χ3v) is 2.49. The van der Waals surface area contributed by atoms with E-state index >= 15 is 0 Å². The molecule has 78 valence electrons. The van der Waals surface area contributed by atoms with Gasteiger partial charge < -0.3 is 11.1 Å². The molecular formula is C10H18N4. The molecule has 0 aromatic carbocycles. The zero-order chi connectivity index (χ0) is 10.4. The summed E-state index contributed by atoms with van der Waals surface area (Å²) in [6, 6.07) is 1.87. The average molecular weight is 194 g/mol. The van der Waals surface area contributed by atoms with Gasteiger partial charge in [-0.15, -0.1) is 0 Å². The summed E-state index contributed by atoms with van der Waals surface area (Å²) < 4.78 is 0. The largest absolute Gasteiger partial charge is 0.365 e. The van der Waals surface area contributed by atoms with Gasteiger partial charge in [0.2, 0.25) is 0 Å². The van der Waals surface area contributed by atoms with Crippen LogP contribution in [0.5, 0.6) is 0 Å². The molecule has 1 unspecified atom stereocenters. The van der Waals surface area contributed by atoms with E-state index in [-0.39, 0.29) is 5.54 Å². The maximum absolute atomic E-state index is 5.57. The highest BCUT2D eigenvalue weighted by atomic mass is 15.1. The van der Waals surface area contributed by atoms with Crippen LogP contribution in [-0.2, 0) is 0 Å². The van der Waals surface area contributed by atoms with Crippen molar-refractivity contribution in [1.29, 1.82) is 0 Å². The van der Waals surface area contributed by atoms with Crippen LogP contribution in [0.4, 0.5) is 5.82 Å². The topological polar surface area (TPSA) is 63.8 Å². The quantitative estimate of drug-likeness (QED) is 0.743. The Morgan fingerprint density at radius 3 is 2.86 bits per heavy atom. The van der Waals surface area contributed by atoms with Gasteiger partial charge in [0, 0.05) is 11.7 Å². The van der Waals surface area contributed by atoms with Crippen LogP contribution in [0.2, 0.25) is 0 Å². The number of aromatic nitrogens is 2. The third-order valence-electron chi connectivity index (χ3n) is 2.49. The molecule has 14 heavy (non-hydrogen) atoms. The number of anilines is 1. The molecule has 4 nitrogen and oxygen atoms in total. The van der Waals surface area contributed by atoms with E-state index in [1.807, 2.05) is 6.07 Å². The Hall–Kier alpha value is -1.16. The van der Waals surface area contributed by atoms with Gasteiger partial charge in [-0.1, -0.05) is 6.92 Å². The van der Waals surface area contributed by atoms with Gasteiger partial charge >= 0.3 is 0 Å². The molecule has 0 amide bonds. The van der Waals surface area contributed by atoms with Crippen molar-refractivity contribution in [1.82, 2.24) is 9.97 Å². The molecule has 0 aliphatic carbocycles. The molecule has 0 aliphatic rings. The molecule has 1 aromatic rings. The van der Waals surface area contributed by atoms with Gasteiger partial charge in [0.1, 0.15) is 12.1 Å². The molecule has 4 heteroatoms. The molecule has 1 atom stereocenters. The summed E-state index contributed by atoms with van der Waals surface area (Å²) in [6.45, 7) is 4.98. The zero-order valence-electron chi connectivity index (χ0n) is 8.83. The Kier molecular flexibility index (Phi) is 3.83. The summed E-state index contributed by atoms with van der Waals surface area (Å²) >= 11 is 0. The molecule has 0 spiro atoms. The third kappa shape index (κ3) is 2.96. The molecular weight excluding hydrogens is 176 g/mol. The van der Waals surface area contributed by atoms with E-state index in [0.29, 0.717) is 6.54 Å². The van der Waals surface area contributed by atoms with Crippen LogP contribution in [0.1, 0.15) is 26.7 Å². The Bertz CT molecular complexity index is 262. The van der Waals surface area contributed by atoms with Crippen LogP contribution in [-0.4, -0.2) is 22.1 Å². The summed E-state index contributed by atoms with van der Waals surface area (Å²) in [5.74, 6) is 0.859. The minimum atomic E-state index is 0.0309. The summed E-state index contributed by atoms with van der Waals surface area (Å²) in [5.41, 5.74) is 5.60. The number of nitrogens with two attached hydrogens (primary N) is 1. The fourth-order valence-corrected chi connectivity index (χ4v) is 1.32. The average Bonchev–Trinajstić information content (AvgIpc) is 2.20. The lowest BCUT2D eigenvalue weighted by molar-refractivity contribution is 0.462. The van der Waals surface area contributed by atoms with Crippen LogP contribution in [0.25, 0.3) is 0 Å². The molecule has 1 rings (SSSR count). The van der Waals surface area contributed by atoms with Gasteiger partial charge in [-0.05, 0) is 32.4 Å². The molecule has 0 saturated heterocycles. The van der Waals surface area contributed by atoms with Crippen molar-refractivity contribution in [2.24, 2.45) is 5.73 Å². The van der Waals surface area contributed by atoms with Gasteiger partial charge in [0.15, 0.2) is 0 Å². The Balaban J connectivity index is 2.65. The van der Waals surface area contributed by atoms with E-state index in [1.54, 1.807) is 12.5 Å². The predicted molar refractivity (Wildman–Crippen MR) is 58.0 cm³/mol. The van der Waals surface area contributed by atoms with Crippen LogP contribution in [0.15, 0.2) is 18.6 Å². The van der Waals surface area contributed by atoms with E-state index in [0.717, 1.165) is 18.7 Å². The van der Waals surface area contributed by atoms with E-state index in [4.69, 9.17) is 5.73 Å². The van der Waals surface area contributed by atoms with Crippen molar-refractivity contribution < 1.29 is 0 Å². The Morgan fingerprint density at radius 1 is 1.57 bits per heavy atom. The van der Waals surface area contributed by atoms with Gasteiger partial charge in [-0.3, -0.25) is 0 Å². The van der Waals surface area contributed by atoms with Crippen LogP contribution >= 0.6 is 0 Å². The van der Waals surface area contributed by atoms with Crippen molar-refractivity contribution in [2.45, 2.75) is 32.2 Å². The van der Waals surface area contributed by atoms with Crippen LogP contribution in [0, 0.1) is 0 Å². The Labute approximate surface area is 85.0 Å². The van der Waals surface area contributed by atoms with Gasteiger partial charge in [0.25, 0.3) is 0 Å². The monoisotopic (exact) mass is 194 g/mol. The lowest BCUT2D eigenvalue weighted by Gasteiger charge is -2.29. The molecule has 1 heterocycles. The second kappa shape index (κ2) is 4.91. The van der Waals surface area contributed by atoms with E-state index in [2.05, 4.69) is 29.1 Å². The van der Waals surface area contributed by atoms with Crippen molar-refractivity contribution in [3.63, 3.8) is 0 Å². The standard InChI is InChI=1S/C10H18N4/c1-3-10(2,5-6-11)14-9-4-7-12-8-13-9/h4,7-8H,3,5-6,11H2,1-2H3,(H,12,13,14). The molecule has 0 saturated carbocycles. The first kappa shape index (κ1) is 10.9. The number of hydrogen-bond donors (Lipinski definition) is 2. The first-order valence-electron chi connectivity index (χ1n) is 4.94. The van der Waals surface area contributed by atoms with Gasteiger partial charge in [0.05, 0.1) is 0 Å². The molecule has 3 N–H and O–H groups in total. The fourth-order valence-electron chi connectivity index (χ4n) is 1.32. The van der Waals surface area contributed by atoms with Crippen molar-refractivity contribution in [3.05, 3.63) is 18.6 Å². The zero-order valence-corrected chi connectivity index (χ0v) is 8.83. The highest BCUT2D eigenvalue weighted by Crippen LogP contribution is 2.19. The summed E-state index contributed by atoms with van der Waals surface area (Å²) in [7, 11) is 0. The van der Waals surface area contributed by atoms with Gasteiger partial charge in [-0.25, -0.2) is 9.97 Å². The van der Waals surface area contributed by atoms with Crippen molar-refractivity contribution in [2.75, 3.05) is 11.9 Å². The molecule has 0 fully saturated rings. The summed E-state index contributed by atoms with van der Waals surface area (Å²) in [5, 5.41) is 3.37. The predicted octanol–water partition coefficient (Wildman–Crippen LogP) is 1.41. The van der Waals surface area contributed by atoms with E-state index in [9.17, 15) is 0 Å². The molecule has 0 radical (unpaired) electrons. The van der Waals surface area contributed by atoms with Crippen molar-refractivity contribution >= 4 is 5.82 Å². The maximum atomic E-state index is 5.57. The number of rotatable bonds is 5. The normalized spacial score (nSPS) is 14.8. The summed E-state index contributed by atoms with van der Waals surface area (Å²) in [6.07, 6.45) is 5.23. The lowest BCUT2D eigenvalue weighted by Crippen LogP contribution is -2.36. The maximum Gasteiger partial charge on any atom is 0.129 e. The first-order valence-corrected chi connectivity index (χ1v) is 4.94. The van der Waals surface area contributed by atoms with Crippen LogP contribution < -0.4 is 11.1 Å². The SMILES string of the molecule is CCC(C)(CCN)Nc1ccncn1.